The van der Waals surface area contributed by atoms with Crippen LogP contribution in [0.5, 0.6) is 0 Å². The average molecular weight is 303 g/mol. The molecule has 0 aliphatic carbocycles. The number of aryl methyl sites for hydroxylation is 1. The molecule has 2 heterocycles. The Hall–Kier alpha value is -2.90. The van der Waals surface area contributed by atoms with Crippen molar-refractivity contribution >= 4 is 11.6 Å². The van der Waals surface area contributed by atoms with Gasteiger partial charge in [-0.2, -0.15) is 8.78 Å². The van der Waals surface area contributed by atoms with Gasteiger partial charge in [0.05, 0.1) is 5.56 Å². The quantitative estimate of drug-likeness (QED) is 0.794. The van der Waals surface area contributed by atoms with Crippen LogP contribution in [0.15, 0.2) is 41.1 Å². The summed E-state index contributed by atoms with van der Waals surface area (Å²) in [7, 11) is 0. The fourth-order valence-electron chi connectivity index (χ4n) is 1.78. The minimum atomic E-state index is -2.80. The van der Waals surface area contributed by atoms with Crippen LogP contribution in [-0.2, 0) is 0 Å². The van der Waals surface area contributed by atoms with Crippen LogP contribution < -0.4 is 5.32 Å². The Morgan fingerprint density at radius 3 is 2.45 bits per heavy atom. The van der Waals surface area contributed by atoms with Crippen molar-refractivity contribution in [2.75, 3.05) is 5.32 Å². The molecule has 3 aromatic rings. The number of hydrogen-bond acceptors (Lipinski definition) is 6. The van der Waals surface area contributed by atoms with E-state index in [0.717, 1.165) is 11.3 Å². The van der Waals surface area contributed by atoms with Crippen LogP contribution in [0.3, 0.4) is 0 Å². The lowest BCUT2D eigenvalue weighted by Crippen LogP contribution is -1.98. The topological polar surface area (TPSA) is 76.7 Å². The highest BCUT2D eigenvalue weighted by atomic mass is 19.3. The summed E-state index contributed by atoms with van der Waals surface area (Å²) < 4.78 is 29.6. The van der Waals surface area contributed by atoms with Crippen LogP contribution >= 0.6 is 0 Å². The van der Waals surface area contributed by atoms with Gasteiger partial charge in [0.2, 0.25) is 5.95 Å². The Morgan fingerprint density at radius 2 is 1.82 bits per heavy atom. The third-order valence-corrected chi connectivity index (χ3v) is 2.92. The Labute approximate surface area is 124 Å². The Balaban J connectivity index is 1.79. The van der Waals surface area contributed by atoms with Gasteiger partial charge in [0, 0.05) is 18.1 Å². The normalized spacial score (nSPS) is 10.9. The second kappa shape index (κ2) is 5.84. The summed E-state index contributed by atoms with van der Waals surface area (Å²) in [5.74, 6) is -0.387. The van der Waals surface area contributed by atoms with Gasteiger partial charge >= 0.3 is 6.43 Å². The average Bonchev–Trinajstić information content (AvgIpc) is 3.00. The van der Waals surface area contributed by atoms with Crippen molar-refractivity contribution in [3.63, 3.8) is 0 Å². The number of alkyl halides is 2. The van der Waals surface area contributed by atoms with Gasteiger partial charge in [-0.25, -0.2) is 9.97 Å². The number of aromatic nitrogens is 4. The molecule has 1 N–H and O–H groups in total. The zero-order chi connectivity index (χ0) is 15.5. The molecule has 112 valence electrons. The lowest BCUT2D eigenvalue weighted by molar-refractivity contribution is 0.116. The molecule has 2 aromatic heterocycles. The number of anilines is 2. The summed E-state index contributed by atoms with van der Waals surface area (Å²) in [5.41, 5.74) is 2.30. The fraction of sp³-hybridized carbons (Fsp3) is 0.143. The molecule has 0 amide bonds. The molecule has 6 nitrogen and oxygen atoms in total. The molecule has 8 heteroatoms. The molecule has 0 aliphatic heterocycles. The number of benzene rings is 1. The SMILES string of the molecule is Cc1ccccc1Nc1ncc(-c2nnc(C(F)F)o2)cn1. The van der Waals surface area contributed by atoms with E-state index in [-0.39, 0.29) is 5.89 Å². The van der Waals surface area contributed by atoms with Crippen molar-refractivity contribution in [1.29, 1.82) is 0 Å². The van der Waals surface area contributed by atoms with Crippen molar-refractivity contribution in [2.45, 2.75) is 13.3 Å². The zero-order valence-corrected chi connectivity index (χ0v) is 11.5. The Morgan fingerprint density at radius 1 is 1.09 bits per heavy atom. The Bertz CT molecular complexity index is 773. The molecule has 0 bridgehead atoms. The minimum absolute atomic E-state index is 0.0438. The number of para-hydroxylation sites is 1. The molecule has 22 heavy (non-hydrogen) atoms. The number of nitrogens with zero attached hydrogens (tertiary/aromatic N) is 4. The molecule has 0 saturated heterocycles. The number of hydrogen-bond donors (Lipinski definition) is 1. The second-order valence-electron chi connectivity index (χ2n) is 4.48. The molecule has 0 aliphatic rings. The molecular formula is C14H11F2N5O. The Kier molecular flexibility index (Phi) is 3.73. The van der Waals surface area contributed by atoms with Crippen LogP contribution in [-0.4, -0.2) is 20.2 Å². The highest BCUT2D eigenvalue weighted by Crippen LogP contribution is 2.23. The van der Waals surface area contributed by atoms with E-state index in [1.165, 1.54) is 12.4 Å². The number of nitrogens with one attached hydrogen (secondary N) is 1. The predicted molar refractivity (Wildman–Crippen MR) is 74.7 cm³/mol. The van der Waals surface area contributed by atoms with Gasteiger partial charge in [-0.1, -0.05) is 18.2 Å². The largest absolute Gasteiger partial charge is 0.415 e. The van der Waals surface area contributed by atoms with Crippen LogP contribution in [0.25, 0.3) is 11.5 Å². The highest BCUT2D eigenvalue weighted by Gasteiger charge is 2.17. The van der Waals surface area contributed by atoms with E-state index in [1.807, 2.05) is 31.2 Å². The monoisotopic (exact) mass is 303 g/mol. The lowest BCUT2D eigenvalue weighted by Gasteiger charge is -2.07. The first-order chi connectivity index (χ1) is 10.6. The summed E-state index contributed by atoms with van der Waals surface area (Å²) in [5, 5.41) is 9.86. The first-order valence-corrected chi connectivity index (χ1v) is 6.40. The van der Waals surface area contributed by atoms with E-state index in [0.29, 0.717) is 11.5 Å². The summed E-state index contributed by atoms with van der Waals surface area (Å²) in [6.07, 6.45) is 0.0522. The van der Waals surface area contributed by atoms with Gasteiger partial charge in [-0.15, -0.1) is 10.2 Å². The van der Waals surface area contributed by atoms with Crippen molar-refractivity contribution in [3.05, 3.63) is 48.1 Å². The maximum absolute atomic E-state index is 12.4. The molecule has 0 radical (unpaired) electrons. The molecule has 0 fully saturated rings. The molecule has 0 saturated carbocycles. The standard InChI is InChI=1S/C14H11F2N5O/c1-8-4-2-3-5-10(8)19-14-17-6-9(7-18-14)12-20-21-13(22-12)11(15)16/h2-7,11H,1H3,(H,17,18,19). The lowest BCUT2D eigenvalue weighted by atomic mass is 10.2. The third-order valence-electron chi connectivity index (χ3n) is 2.92. The van der Waals surface area contributed by atoms with Crippen LogP contribution in [0.1, 0.15) is 17.9 Å². The van der Waals surface area contributed by atoms with Crippen LogP contribution in [0.2, 0.25) is 0 Å². The maximum Gasteiger partial charge on any atom is 0.314 e. The van der Waals surface area contributed by atoms with Gasteiger partial charge in [0.25, 0.3) is 11.8 Å². The van der Waals surface area contributed by atoms with Crippen molar-refractivity contribution in [3.8, 4) is 11.5 Å². The fourth-order valence-corrected chi connectivity index (χ4v) is 1.78. The molecule has 0 atom stereocenters. The minimum Gasteiger partial charge on any atom is -0.415 e. The first kappa shape index (κ1) is 14.1. The van der Waals surface area contributed by atoms with E-state index < -0.39 is 12.3 Å². The summed E-state index contributed by atoms with van der Waals surface area (Å²) in [6.45, 7) is 1.96. The summed E-state index contributed by atoms with van der Waals surface area (Å²) >= 11 is 0. The van der Waals surface area contributed by atoms with Crippen LogP contribution in [0.4, 0.5) is 20.4 Å². The number of rotatable bonds is 4. The van der Waals surface area contributed by atoms with E-state index >= 15 is 0 Å². The summed E-state index contributed by atoms with van der Waals surface area (Å²) in [6, 6.07) is 7.69. The summed E-state index contributed by atoms with van der Waals surface area (Å²) in [4.78, 5) is 8.22. The van der Waals surface area contributed by atoms with E-state index in [1.54, 1.807) is 0 Å². The predicted octanol–water partition coefficient (Wildman–Crippen LogP) is 3.52. The second-order valence-corrected chi connectivity index (χ2v) is 4.48. The van der Waals surface area contributed by atoms with Gasteiger partial charge in [0.15, 0.2) is 0 Å². The van der Waals surface area contributed by atoms with Gasteiger partial charge in [-0.05, 0) is 18.6 Å². The van der Waals surface area contributed by atoms with Crippen LogP contribution in [0, 0.1) is 6.92 Å². The highest BCUT2D eigenvalue weighted by molar-refractivity contribution is 5.59. The van der Waals surface area contributed by atoms with E-state index in [2.05, 4.69) is 25.5 Å². The van der Waals surface area contributed by atoms with Crippen molar-refractivity contribution in [1.82, 2.24) is 20.2 Å². The molecule has 1 aromatic carbocycles. The van der Waals surface area contributed by atoms with Crippen molar-refractivity contribution < 1.29 is 13.2 Å². The zero-order valence-electron chi connectivity index (χ0n) is 11.5. The van der Waals surface area contributed by atoms with E-state index in [4.69, 9.17) is 4.42 Å². The van der Waals surface area contributed by atoms with Gasteiger partial charge in [0.1, 0.15) is 0 Å². The van der Waals surface area contributed by atoms with Gasteiger partial charge < -0.3 is 9.73 Å². The maximum atomic E-state index is 12.4. The molecule has 3 rings (SSSR count). The van der Waals surface area contributed by atoms with Gasteiger partial charge in [-0.3, -0.25) is 0 Å². The molecule has 0 unspecified atom stereocenters. The molecule has 0 spiro atoms. The third kappa shape index (κ3) is 2.90. The van der Waals surface area contributed by atoms with E-state index in [9.17, 15) is 8.78 Å². The number of halogens is 2. The first-order valence-electron chi connectivity index (χ1n) is 6.40. The van der Waals surface area contributed by atoms with Crippen molar-refractivity contribution in [2.24, 2.45) is 0 Å². The smallest absolute Gasteiger partial charge is 0.314 e. The molecular weight excluding hydrogens is 292 g/mol.